The van der Waals surface area contributed by atoms with E-state index in [2.05, 4.69) is 5.32 Å². The highest BCUT2D eigenvalue weighted by Crippen LogP contribution is 2.16. The SMILES string of the molecule is CN(CC(=O)Nc1ccc(C(=O)N2CCCCC2)cc1)c1ccccc1. The molecule has 136 valence electrons. The number of para-hydroxylation sites is 1. The molecule has 0 spiro atoms. The molecular weight excluding hydrogens is 326 g/mol. The van der Waals surface area contributed by atoms with Crippen LogP contribution < -0.4 is 10.2 Å². The fourth-order valence-corrected chi connectivity index (χ4v) is 3.17. The quantitative estimate of drug-likeness (QED) is 0.898. The van der Waals surface area contributed by atoms with Gasteiger partial charge in [0.15, 0.2) is 0 Å². The molecule has 1 fully saturated rings. The average Bonchev–Trinajstić information content (AvgIpc) is 2.69. The maximum Gasteiger partial charge on any atom is 0.253 e. The zero-order valence-corrected chi connectivity index (χ0v) is 15.1. The van der Waals surface area contributed by atoms with Crippen molar-refractivity contribution in [2.75, 3.05) is 36.9 Å². The molecule has 5 nitrogen and oxygen atoms in total. The van der Waals surface area contributed by atoms with Gasteiger partial charge in [-0.3, -0.25) is 9.59 Å². The molecule has 26 heavy (non-hydrogen) atoms. The number of likely N-dealkylation sites (tertiary alicyclic amines) is 1. The number of nitrogens with zero attached hydrogens (tertiary/aromatic N) is 2. The summed E-state index contributed by atoms with van der Waals surface area (Å²) in [7, 11) is 1.88. The lowest BCUT2D eigenvalue weighted by atomic mass is 10.1. The van der Waals surface area contributed by atoms with E-state index in [-0.39, 0.29) is 18.4 Å². The molecule has 2 aromatic rings. The van der Waals surface area contributed by atoms with Crippen LogP contribution in [0.1, 0.15) is 29.6 Å². The van der Waals surface area contributed by atoms with Gasteiger partial charge < -0.3 is 15.1 Å². The van der Waals surface area contributed by atoms with Crippen molar-refractivity contribution in [3.05, 3.63) is 60.2 Å². The van der Waals surface area contributed by atoms with Crippen LogP contribution in [0, 0.1) is 0 Å². The molecule has 2 aromatic carbocycles. The smallest absolute Gasteiger partial charge is 0.253 e. The Labute approximate surface area is 154 Å². The van der Waals surface area contributed by atoms with Crippen LogP contribution in [0.5, 0.6) is 0 Å². The summed E-state index contributed by atoms with van der Waals surface area (Å²) < 4.78 is 0. The molecule has 0 unspecified atom stereocenters. The molecule has 2 amide bonds. The fraction of sp³-hybridized carbons (Fsp3) is 0.333. The normalized spacial score (nSPS) is 14.0. The van der Waals surface area contributed by atoms with E-state index in [1.807, 2.05) is 47.2 Å². The Kier molecular flexibility index (Phi) is 5.89. The number of amides is 2. The van der Waals surface area contributed by atoms with Gasteiger partial charge in [0.1, 0.15) is 0 Å². The molecule has 0 radical (unpaired) electrons. The van der Waals surface area contributed by atoms with Crippen LogP contribution >= 0.6 is 0 Å². The second-order valence-corrected chi connectivity index (χ2v) is 6.67. The zero-order valence-electron chi connectivity index (χ0n) is 15.1. The van der Waals surface area contributed by atoms with E-state index in [0.717, 1.165) is 31.6 Å². The van der Waals surface area contributed by atoms with Crippen molar-refractivity contribution >= 4 is 23.2 Å². The molecule has 0 atom stereocenters. The standard InChI is InChI=1S/C21H25N3O2/c1-23(19-8-4-2-5-9-19)16-20(25)22-18-12-10-17(11-13-18)21(26)24-14-6-3-7-15-24/h2,4-5,8-13H,3,6-7,14-16H2,1H3,(H,22,25). The molecular formula is C21H25N3O2. The number of hydrogen-bond donors (Lipinski definition) is 1. The van der Waals surface area contributed by atoms with Crippen LogP contribution in [0.15, 0.2) is 54.6 Å². The first-order valence-corrected chi connectivity index (χ1v) is 9.09. The molecule has 1 aliphatic heterocycles. The van der Waals surface area contributed by atoms with Gasteiger partial charge in [0.05, 0.1) is 6.54 Å². The monoisotopic (exact) mass is 351 g/mol. The number of hydrogen-bond acceptors (Lipinski definition) is 3. The number of anilines is 2. The third-order valence-corrected chi connectivity index (χ3v) is 4.64. The van der Waals surface area contributed by atoms with Crippen LogP contribution in [0.2, 0.25) is 0 Å². The second kappa shape index (κ2) is 8.52. The lowest BCUT2D eigenvalue weighted by Crippen LogP contribution is -2.35. The topological polar surface area (TPSA) is 52.7 Å². The van der Waals surface area contributed by atoms with E-state index in [9.17, 15) is 9.59 Å². The minimum Gasteiger partial charge on any atom is -0.365 e. The van der Waals surface area contributed by atoms with Crippen molar-refractivity contribution in [2.24, 2.45) is 0 Å². The van der Waals surface area contributed by atoms with Crippen molar-refractivity contribution in [2.45, 2.75) is 19.3 Å². The highest BCUT2D eigenvalue weighted by atomic mass is 16.2. The first-order valence-electron chi connectivity index (χ1n) is 9.09. The molecule has 1 saturated heterocycles. The summed E-state index contributed by atoms with van der Waals surface area (Å²) in [6, 6.07) is 16.9. The van der Waals surface area contributed by atoms with E-state index < -0.39 is 0 Å². The molecule has 1 N–H and O–H groups in total. The number of carbonyl (C=O) groups excluding carboxylic acids is 2. The van der Waals surface area contributed by atoms with Gasteiger partial charge in [-0.1, -0.05) is 18.2 Å². The Hall–Kier alpha value is -2.82. The maximum absolute atomic E-state index is 12.5. The van der Waals surface area contributed by atoms with E-state index in [1.54, 1.807) is 24.3 Å². The third-order valence-electron chi connectivity index (χ3n) is 4.64. The van der Waals surface area contributed by atoms with Gasteiger partial charge in [-0.2, -0.15) is 0 Å². The van der Waals surface area contributed by atoms with Crippen LogP contribution in [0.4, 0.5) is 11.4 Å². The fourth-order valence-electron chi connectivity index (χ4n) is 3.17. The summed E-state index contributed by atoms with van der Waals surface area (Å²) in [6.45, 7) is 1.94. The van der Waals surface area contributed by atoms with Crippen LogP contribution in [-0.4, -0.2) is 43.4 Å². The summed E-state index contributed by atoms with van der Waals surface area (Å²) in [6.07, 6.45) is 3.36. The van der Waals surface area contributed by atoms with Gasteiger partial charge in [0.2, 0.25) is 5.91 Å². The Balaban J connectivity index is 1.55. The summed E-state index contributed by atoms with van der Waals surface area (Å²) in [4.78, 5) is 28.5. The predicted octanol–water partition coefficient (Wildman–Crippen LogP) is 3.39. The Morgan fingerprint density at radius 2 is 1.62 bits per heavy atom. The second-order valence-electron chi connectivity index (χ2n) is 6.67. The van der Waals surface area contributed by atoms with Crippen molar-refractivity contribution in [1.82, 2.24) is 4.90 Å². The van der Waals surface area contributed by atoms with E-state index in [1.165, 1.54) is 6.42 Å². The number of carbonyl (C=O) groups is 2. The highest BCUT2D eigenvalue weighted by molar-refractivity contribution is 5.96. The molecule has 1 aliphatic rings. The summed E-state index contributed by atoms with van der Waals surface area (Å²) in [5.74, 6) is -0.0159. The number of nitrogens with one attached hydrogen (secondary N) is 1. The van der Waals surface area contributed by atoms with Crippen molar-refractivity contribution in [3.63, 3.8) is 0 Å². The highest BCUT2D eigenvalue weighted by Gasteiger charge is 2.18. The summed E-state index contributed by atoms with van der Waals surface area (Å²) in [5, 5.41) is 2.88. The van der Waals surface area contributed by atoms with Crippen LogP contribution in [0.25, 0.3) is 0 Å². The van der Waals surface area contributed by atoms with Crippen molar-refractivity contribution < 1.29 is 9.59 Å². The number of likely N-dealkylation sites (N-methyl/N-ethyl adjacent to an activating group) is 1. The van der Waals surface area contributed by atoms with E-state index in [0.29, 0.717) is 11.3 Å². The van der Waals surface area contributed by atoms with Crippen LogP contribution in [-0.2, 0) is 4.79 Å². The molecule has 1 heterocycles. The van der Waals surface area contributed by atoms with E-state index in [4.69, 9.17) is 0 Å². The van der Waals surface area contributed by atoms with Gasteiger partial charge in [0.25, 0.3) is 5.91 Å². The minimum absolute atomic E-state index is 0.0754. The largest absolute Gasteiger partial charge is 0.365 e. The van der Waals surface area contributed by atoms with E-state index >= 15 is 0 Å². The van der Waals surface area contributed by atoms with Crippen LogP contribution in [0.3, 0.4) is 0 Å². The Bertz CT molecular complexity index is 738. The Morgan fingerprint density at radius 1 is 0.962 bits per heavy atom. The van der Waals surface area contributed by atoms with Gasteiger partial charge >= 0.3 is 0 Å². The number of piperidine rings is 1. The van der Waals surface area contributed by atoms with Gasteiger partial charge in [-0.25, -0.2) is 0 Å². The van der Waals surface area contributed by atoms with Gasteiger partial charge in [-0.05, 0) is 55.7 Å². The molecule has 3 rings (SSSR count). The predicted molar refractivity (Wildman–Crippen MR) is 105 cm³/mol. The lowest BCUT2D eigenvalue weighted by Gasteiger charge is -2.26. The van der Waals surface area contributed by atoms with Crippen molar-refractivity contribution in [1.29, 1.82) is 0 Å². The van der Waals surface area contributed by atoms with Crippen molar-refractivity contribution in [3.8, 4) is 0 Å². The minimum atomic E-state index is -0.0912. The Morgan fingerprint density at radius 3 is 2.27 bits per heavy atom. The van der Waals surface area contributed by atoms with Gasteiger partial charge in [0, 0.05) is 37.1 Å². The molecule has 5 heteroatoms. The lowest BCUT2D eigenvalue weighted by molar-refractivity contribution is -0.114. The third kappa shape index (κ3) is 4.63. The number of benzene rings is 2. The summed E-state index contributed by atoms with van der Waals surface area (Å²) in [5.41, 5.74) is 2.36. The first kappa shape index (κ1) is 18.0. The number of rotatable bonds is 5. The molecule has 0 saturated carbocycles. The van der Waals surface area contributed by atoms with Gasteiger partial charge in [-0.15, -0.1) is 0 Å². The summed E-state index contributed by atoms with van der Waals surface area (Å²) >= 11 is 0. The molecule has 0 bridgehead atoms. The maximum atomic E-state index is 12.5. The first-order chi connectivity index (χ1) is 12.6. The molecule has 0 aromatic heterocycles. The zero-order chi connectivity index (χ0) is 18.4. The average molecular weight is 351 g/mol. The molecule has 0 aliphatic carbocycles.